The van der Waals surface area contributed by atoms with E-state index >= 15 is 0 Å². The Labute approximate surface area is 152 Å². The van der Waals surface area contributed by atoms with Crippen molar-refractivity contribution in [3.63, 3.8) is 0 Å². The Kier molecular flexibility index (Phi) is 8.15. The molecule has 2 fully saturated rings. The maximum absolute atomic E-state index is 6.30. The lowest BCUT2D eigenvalue weighted by atomic mass is 9.91. The summed E-state index contributed by atoms with van der Waals surface area (Å²) in [4.78, 5) is 2.68. The largest absolute Gasteiger partial charge is 0.497 e. The molecule has 0 aromatic heterocycles. The Hall–Kier alpha value is -0.480. The van der Waals surface area contributed by atoms with Crippen molar-refractivity contribution < 1.29 is 4.74 Å². The number of rotatable bonds is 5. The monoisotopic (exact) mass is 360 g/mol. The Balaban J connectivity index is 0.00000132. The number of aryl methyl sites for hydroxylation is 1. The maximum atomic E-state index is 6.30. The molecule has 2 bridgehead atoms. The van der Waals surface area contributed by atoms with Gasteiger partial charge in [-0.05, 0) is 62.1 Å². The summed E-state index contributed by atoms with van der Waals surface area (Å²) in [7, 11) is 1.71. The quantitative estimate of drug-likeness (QED) is 0.872. The van der Waals surface area contributed by atoms with E-state index in [1.54, 1.807) is 7.11 Å². The van der Waals surface area contributed by atoms with Crippen LogP contribution in [0, 0.1) is 11.8 Å². The summed E-state index contributed by atoms with van der Waals surface area (Å²) in [5.41, 5.74) is 7.70. The summed E-state index contributed by atoms with van der Waals surface area (Å²) in [6.45, 7) is 4.79. The van der Waals surface area contributed by atoms with E-state index in [1.165, 1.54) is 37.9 Å². The third kappa shape index (κ3) is 4.76. The number of benzene rings is 1. The van der Waals surface area contributed by atoms with Crippen molar-refractivity contribution in [1.29, 1.82) is 0 Å². The van der Waals surface area contributed by atoms with Gasteiger partial charge in [0.1, 0.15) is 5.75 Å². The molecule has 0 amide bonds. The molecule has 3 rings (SSSR count). The minimum atomic E-state index is 0. The number of likely N-dealkylation sites (tertiary alicyclic amines) is 1. The maximum Gasteiger partial charge on any atom is 0.118 e. The standard InChI is InChI=1S/C18H28N2O.2ClH/c1-13(3-4-14-5-9-17(21-2)10-6-14)20-11-15-7-8-16(12-20)18(15)19;;/h5-6,9-10,13,15-16,18H,3-4,7-8,11-12,19H2,1-2H3;2*1H/t13?,15-,16+,18?;;. The van der Waals surface area contributed by atoms with Crippen LogP contribution in [0.2, 0.25) is 0 Å². The molecule has 1 heterocycles. The minimum Gasteiger partial charge on any atom is -0.497 e. The zero-order valence-corrected chi connectivity index (χ0v) is 15.7. The smallest absolute Gasteiger partial charge is 0.118 e. The van der Waals surface area contributed by atoms with Crippen LogP contribution in [0.5, 0.6) is 5.75 Å². The topological polar surface area (TPSA) is 38.5 Å². The van der Waals surface area contributed by atoms with E-state index < -0.39 is 0 Å². The number of piperidine rings is 1. The second kappa shape index (κ2) is 9.12. The van der Waals surface area contributed by atoms with Crippen LogP contribution in [-0.2, 0) is 6.42 Å². The first-order valence-corrected chi connectivity index (χ1v) is 8.30. The number of hydrogen-bond donors (Lipinski definition) is 1. The van der Waals surface area contributed by atoms with Gasteiger partial charge in [-0.2, -0.15) is 0 Å². The molecular formula is C18H30Cl2N2O. The van der Waals surface area contributed by atoms with Crippen LogP contribution < -0.4 is 10.5 Å². The van der Waals surface area contributed by atoms with Crippen LogP contribution in [0.1, 0.15) is 31.7 Å². The highest BCUT2D eigenvalue weighted by Crippen LogP contribution is 2.36. The van der Waals surface area contributed by atoms with Gasteiger partial charge in [-0.25, -0.2) is 0 Å². The number of nitrogens with zero attached hydrogens (tertiary/aromatic N) is 1. The molecule has 1 aromatic rings. The third-order valence-corrected chi connectivity index (χ3v) is 5.57. The molecule has 23 heavy (non-hydrogen) atoms. The Morgan fingerprint density at radius 1 is 1.13 bits per heavy atom. The SMILES string of the molecule is COc1ccc(CCC(C)N2C[C@H]3CC[C@@H](C2)C3N)cc1.Cl.Cl. The summed E-state index contributed by atoms with van der Waals surface area (Å²) in [5.74, 6) is 2.42. The molecule has 5 heteroatoms. The molecule has 3 nitrogen and oxygen atoms in total. The molecule has 2 unspecified atom stereocenters. The Morgan fingerprint density at radius 3 is 2.22 bits per heavy atom. The lowest BCUT2D eigenvalue weighted by molar-refractivity contribution is 0.105. The number of halogens is 2. The molecule has 4 atom stereocenters. The van der Waals surface area contributed by atoms with Crippen molar-refractivity contribution in [2.45, 2.75) is 44.7 Å². The molecular weight excluding hydrogens is 331 g/mol. The van der Waals surface area contributed by atoms with Gasteiger partial charge in [0.2, 0.25) is 0 Å². The minimum absolute atomic E-state index is 0. The van der Waals surface area contributed by atoms with Crippen molar-refractivity contribution in [2.24, 2.45) is 17.6 Å². The lowest BCUT2D eigenvalue weighted by Crippen LogP contribution is -2.51. The summed E-state index contributed by atoms with van der Waals surface area (Å²) in [6, 6.07) is 9.60. The zero-order valence-electron chi connectivity index (χ0n) is 14.1. The first kappa shape index (κ1) is 20.6. The van der Waals surface area contributed by atoms with Gasteiger partial charge in [0, 0.05) is 25.2 Å². The first-order valence-electron chi connectivity index (χ1n) is 8.30. The second-order valence-corrected chi connectivity index (χ2v) is 6.86. The summed E-state index contributed by atoms with van der Waals surface area (Å²) in [5, 5.41) is 0. The molecule has 2 aliphatic rings. The lowest BCUT2D eigenvalue weighted by Gasteiger charge is -2.39. The van der Waals surface area contributed by atoms with Gasteiger partial charge in [-0.1, -0.05) is 12.1 Å². The van der Waals surface area contributed by atoms with Crippen LogP contribution >= 0.6 is 24.8 Å². The fourth-order valence-electron chi connectivity index (χ4n) is 4.01. The van der Waals surface area contributed by atoms with E-state index in [1.807, 2.05) is 0 Å². The van der Waals surface area contributed by atoms with E-state index in [9.17, 15) is 0 Å². The van der Waals surface area contributed by atoms with Crippen molar-refractivity contribution in [3.8, 4) is 5.75 Å². The van der Waals surface area contributed by atoms with E-state index in [0.29, 0.717) is 12.1 Å². The average molecular weight is 361 g/mol. The molecule has 132 valence electrons. The summed E-state index contributed by atoms with van der Waals surface area (Å²) in [6.07, 6.45) is 5.05. The van der Waals surface area contributed by atoms with Crippen LogP contribution in [-0.4, -0.2) is 37.2 Å². The van der Waals surface area contributed by atoms with Crippen molar-refractivity contribution in [1.82, 2.24) is 4.90 Å². The van der Waals surface area contributed by atoms with E-state index in [4.69, 9.17) is 10.5 Å². The zero-order chi connectivity index (χ0) is 14.8. The number of hydrogen-bond acceptors (Lipinski definition) is 3. The molecule has 2 N–H and O–H groups in total. The summed E-state index contributed by atoms with van der Waals surface area (Å²) < 4.78 is 5.21. The molecule has 1 saturated carbocycles. The van der Waals surface area contributed by atoms with Crippen LogP contribution in [0.15, 0.2) is 24.3 Å². The third-order valence-electron chi connectivity index (χ3n) is 5.57. The molecule has 1 aliphatic heterocycles. The number of methoxy groups -OCH3 is 1. The normalized spacial score (nSPS) is 27.7. The van der Waals surface area contributed by atoms with Gasteiger partial charge in [0.25, 0.3) is 0 Å². The molecule has 0 spiro atoms. The number of nitrogens with two attached hydrogens (primary N) is 1. The van der Waals surface area contributed by atoms with Gasteiger partial charge in [0.05, 0.1) is 7.11 Å². The van der Waals surface area contributed by atoms with Gasteiger partial charge in [-0.3, -0.25) is 4.90 Å². The number of fused-ring (bicyclic) bond motifs is 2. The predicted octanol–water partition coefficient (Wildman–Crippen LogP) is 3.53. The fourth-order valence-corrected chi connectivity index (χ4v) is 4.01. The van der Waals surface area contributed by atoms with Gasteiger partial charge in [0.15, 0.2) is 0 Å². The average Bonchev–Trinajstić information content (AvgIpc) is 2.74. The predicted molar refractivity (Wildman–Crippen MR) is 101 cm³/mol. The van der Waals surface area contributed by atoms with E-state index in [2.05, 4.69) is 36.1 Å². The molecule has 1 aliphatic carbocycles. The van der Waals surface area contributed by atoms with Gasteiger partial charge < -0.3 is 10.5 Å². The second-order valence-electron chi connectivity index (χ2n) is 6.86. The van der Waals surface area contributed by atoms with Crippen LogP contribution in [0.3, 0.4) is 0 Å². The van der Waals surface area contributed by atoms with Crippen molar-refractivity contribution in [2.75, 3.05) is 20.2 Å². The van der Waals surface area contributed by atoms with Crippen molar-refractivity contribution in [3.05, 3.63) is 29.8 Å². The fraction of sp³-hybridized carbons (Fsp3) is 0.667. The van der Waals surface area contributed by atoms with Gasteiger partial charge >= 0.3 is 0 Å². The molecule has 1 aromatic carbocycles. The molecule has 0 radical (unpaired) electrons. The summed E-state index contributed by atoms with van der Waals surface area (Å²) >= 11 is 0. The van der Waals surface area contributed by atoms with Crippen LogP contribution in [0.4, 0.5) is 0 Å². The highest BCUT2D eigenvalue weighted by molar-refractivity contribution is 5.85. The highest BCUT2D eigenvalue weighted by atomic mass is 35.5. The Morgan fingerprint density at radius 2 is 1.70 bits per heavy atom. The highest BCUT2D eigenvalue weighted by Gasteiger charge is 2.40. The van der Waals surface area contributed by atoms with Gasteiger partial charge in [-0.15, -0.1) is 24.8 Å². The van der Waals surface area contributed by atoms with Crippen molar-refractivity contribution >= 4 is 24.8 Å². The van der Waals surface area contributed by atoms with E-state index in [-0.39, 0.29) is 24.8 Å². The van der Waals surface area contributed by atoms with Crippen LogP contribution in [0.25, 0.3) is 0 Å². The first-order chi connectivity index (χ1) is 10.2. The Bertz CT molecular complexity index is 455. The van der Waals surface area contributed by atoms with E-state index in [0.717, 1.165) is 24.0 Å². The molecule has 1 saturated heterocycles. The number of ether oxygens (including phenoxy) is 1.